The van der Waals surface area contributed by atoms with E-state index in [0.29, 0.717) is 10.8 Å². The maximum absolute atomic E-state index is 13.3. The number of rotatable bonds is 15. The van der Waals surface area contributed by atoms with Crippen molar-refractivity contribution in [1.82, 2.24) is 26.0 Å². The Bertz CT molecular complexity index is 1620. The Kier molecular flexibility index (Phi) is 14.3. The molecule has 0 heterocycles. The van der Waals surface area contributed by atoms with E-state index in [9.17, 15) is 28.8 Å². The van der Waals surface area contributed by atoms with E-state index < -0.39 is 54.3 Å². The van der Waals surface area contributed by atoms with E-state index in [1.807, 2.05) is 48.5 Å². The Labute approximate surface area is 284 Å². The summed E-state index contributed by atoms with van der Waals surface area (Å²) >= 11 is 0. The van der Waals surface area contributed by atoms with E-state index in [0.717, 1.165) is 28.8 Å². The Morgan fingerprint density at radius 3 is 1.82 bits per heavy atom. The summed E-state index contributed by atoms with van der Waals surface area (Å²) in [6, 6.07) is 23.1. The third kappa shape index (κ3) is 12.9. The molecule has 0 fully saturated rings. The number of hydrazine groups is 1. The number of hydrogen-bond donors (Lipinski definition) is 4. The second kappa shape index (κ2) is 18.8. The molecule has 3 aromatic carbocycles. The van der Waals surface area contributed by atoms with Gasteiger partial charge in [0.25, 0.3) is 11.8 Å². The van der Waals surface area contributed by atoms with Gasteiger partial charge in [0, 0.05) is 25.2 Å². The van der Waals surface area contributed by atoms with Gasteiger partial charge in [-0.1, -0.05) is 72.8 Å². The van der Waals surface area contributed by atoms with Crippen molar-refractivity contribution in [3.8, 4) is 5.75 Å². The van der Waals surface area contributed by atoms with Gasteiger partial charge in [0.15, 0.2) is 0 Å². The molecule has 14 nitrogen and oxygen atoms in total. The third-order valence-electron chi connectivity index (χ3n) is 6.95. The lowest BCUT2D eigenvalue weighted by Gasteiger charge is -2.24. The molecule has 2 unspecified atom stereocenters. The van der Waals surface area contributed by atoms with E-state index in [1.54, 1.807) is 43.5 Å². The molecule has 3 aromatic rings. The van der Waals surface area contributed by atoms with E-state index in [4.69, 9.17) is 15.2 Å². The standard InChI is InChI=1S/C35H40N6O8/c1-24(38-35(47)49-23-28-12-8-5-9-13-28)33(45)37-25(2)34(46)39-41(22-30(36)42)32(44)19-18-31(43)40(20-26-10-6-4-7-11-26)21-27-14-16-29(48-3)17-15-27/h4-19,24-25H,20-23H2,1-3H3,(H2,36,42)(H,37,45)(H,38,47)(H,39,46)/b19-18+. The summed E-state index contributed by atoms with van der Waals surface area (Å²) in [5.74, 6) is -3.30. The number of nitrogens with zero attached hydrogens (tertiary/aromatic N) is 2. The number of nitrogens with one attached hydrogen (secondary N) is 3. The summed E-state index contributed by atoms with van der Waals surface area (Å²) in [5, 5.41) is 5.41. The van der Waals surface area contributed by atoms with E-state index in [1.165, 1.54) is 18.7 Å². The maximum atomic E-state index is 13.3. The fourth-order valence-corrected chi connectivity index (χ4v) is 4.27. The highest BCUT2D eigenvalue weighted by Gasteiger charge is 2.25. The number of alkyl carbamates (subject to hydrolysis) is 1. The van der Waals surface area contributed by atoms with Gasteiger partial charge in [0.2, 0.25) is 17.7 Å². The van der Waals surface area contributed by atoms with Gasteiger partial charge >= 0.3 is 6.09 Å². The molecule has 3 rings (SSSR count). The third-order valence-corrected chi connectivity index (χ3v) is 6.95. The monoisotopic (exact) mass is 672 g/mol. The van der Waals surface area contributed by atoms with Crippen molar-refractivity contribution in [2.45, 2.75) is 45.6 Å². The predicted octanol–water partition coefficient (Wildman–Crippen LogP) is 1.94. The molecular weight excluding hydrogens is 632 g/mol. The second-order valence-electron chi connectivity index (χ2n) is 10.9. The number of ether oxygens (including phenoxy) is 2. The van der Waals surface area contributed by atoms with Gasteiger partial charge in [-0.25, -0.2) is 9.80 Å². The average molecular weight is 673 g/mol. The van der Waals surface area contributed by atoms with E-state index >= 15 is 0 Å². The smallest absolute Gasteiger partial charge is 0.408 e. The molecule has 0 spiro atoms. The highest BCUT2D eigenvalue weighted by Crippen LogP contribution is 2.15. The topological polar surface area (TPSA) is 189 Å². The number of carbonyl (C=O) groups is 6. The lowest BCUT2D eigenvalue weighted by molar-refractivity contribution is -0.142. The van der Waals surface area contributed by atoms with Crippen LogP contribution in [0.4, 0.5) is 4.79 Å². The molecule has 0 saturated carbocycles. The zero-order valence-electron chi connectivity index (χ0n) is 27.5. The van der Waals surface area contributed by atoms with Gasteiger partial charge < -0.3 is 30.7 Å². The number of nitrogens with two attached hydrogens (primary N) is 1. The van der Waals surface area contributed by atoms with Crippen LogP contribution in [0.15, 0.2) is 97.1 Å². The van der Waals surface area contributed by atoms with Gasteiger partial charge in [-0.3, -0.25) is 29.4 Å². The first-order valence-electron chi connectivity index (χ1n) is 15.3. The minimum absolute atomic E-state index is 0.00266. The minimum Gasteiger partial charge on any atom is -0.497 e. The van der Waals surface area contributed by atoms with Crippen LogP contribution in [-0.4, -0.2) is 71.3 Å². The molecule has 0 aliphatic carbocycles. The average Bonchev–Trinajstić information content (AvgIpc) is 3.09. The van der Waals surface area contributed by atoms with Gasteiger partial charge in [-0.05, 0) is 42.7 Å². The van der Waals surface area contributed by atoms with Gasteiger partial charge in [0.1, 0.15) is 31.0 Å². The molecule has 14 heteroatoms. The molecule has 0 aliphatic heterocycles. The number of hydrogen-bond acceptors (Lipinski definition) is 8. The van der Waals surface area contributed by atoms with Gasteiger partial charge in [-0.15, -0.1) is 0 Å². The van der Waals surface area contributed by atoms with Crippen molar-refractivity contribution in [3.05, 3.63) is 114 Å². The van der Waals surface area contributed by atoms with Crippen molar-refractivity contribution in [1.29, 1.82) is 0 Å². The summed E-state index contributed by atoms with van der Waals surface area (Å²) in [5.41, 5.74) is 9.97. The number of primary amides is 1. The van der Waals surface area contributed by atoms with Crippen LogP contribution < -0.4 is 26.5 Å². The molecule has 0 saturated heterocycles. The van der Waals surface area contributed by atoms with Gasteiger partial charge in [-0.2, -0.15) is 0 Å². The summed E-state index contributed by atoms with van der Waals surface area (Å²) in [6.07, 6.45) is 1.10. The molecular formula is C35H40N6O8. The lowest BCUT2D eigenvalue weighted by atomic mass is 10.1. The number of amides is 6. The number of benzene rings is 3. The predicted molar refractivity (Wildman–Crippen MR) is 179 cm³/mol. The van der Waals surface area contributed by atoms with Crippen molar-refractivity contribution in [3.63, 3.8) is 0 Å². The van der Waals surface area contributed by atoms with Crippen LogP contribution in [0.5, 0.6) is 5.75 Å². The Morgan fingerprint density at radius 2 is 1.24 bits per heavy atom. The zero-order valence-corrected chi connectivity index (χ0v) is 27.5. The van der Waals surface area contributed by atoms with Crippen molar-refractivity contribution in [2.24, 2.45) is 5.73 Å². The summed E-state index contributed by atoms with van der Waals surface area (Å²) < 4.78 is 10.3. The first-order valence-corrected chi connectivity index (χ1v) is 15.3. The van der Waals surface area contributed by atoms with Crippen LogP contribution in [0.3, 0.4) is 0 Å². The minimum atomic E-state index is -1.21. The van der Waals surface area contributed by atoms with Crippen LogP contribution in [0.1, 0.15) is 30.5 Å². The summed E-state index contributed by atoms with van der Waals surface area (Å²) in [4.78, 5) is 77.2. The lowest BCUT2D eigenvalue weighted by Crippen LogP contribution is -2.56. The van der Waals surface area contributed by atoms with Crippen molar-refractivity contribution < 1.29 is 38.2 Å². The quantitative estimate of drug-likeness (QED) is 0.139. The first-order chi connectivity index (χ1) is 23.4. The molecule has 49 heavy (non-hydrogen) atoms. The van der Waals surface area contributed by atoms with E-state index in [2.05, 4.69) is 16.1 Å². The molecule has 2 atom stereocenters. The summed E-state index contributed by atoms with van der Waals surface area (Å²) in [6.45, 7) is 2.46. The van der Waals surface area contributed by atoms with Crippen LogP contribution in [0.25, 0.3) is 0 Å². The normalized spacial score (nSPS) is 11.8. The molecule has 0 aliphatic rings. The number of methoxy groups -OCH3 is 1. The van der Waals surface area contributed by atoms with E-state index in [-0.39, 0.29) is 19.7 Å². The van der Waals surface area contributed by atoms with Crippen LogP contribution in [-0.2, 0) is 48.4 Å². The fourth-order valence-electron chi connectivity index (χ4n) is 4.27. The Balaban J connectivity index is 1.60. The molecule has 5 N–H and O–H groups in total. The largest absolute Gasteiger partial charge is 0.497 e. The maximum Gasteiger partial charge on any atom is 0.408 e. The van der Waals surface area contributed by atoms with Crippen LogP contribution >= 0.6 is 0 Å². The molecule has 0 radical (unpaired) electrons. The highest BCUT2D eigenvalue weighted by atomic mass is 16.5. The SMILES string of the molecule is COc1ccc(CN(Cc2ccccc2)C(=O)/C=C/C(=O)N(CC(N)=O)NC(=O)C(C)NC(=O)C(C)NC(=O)OCc2ccccc2)cc1. The molecule has 0 aromatic heterocycles. The molecule has 0 bridgehead atoms. The Hall–Kier alpha value is -6.18. The van der Waals surface area contributed by atoms with Crippen molar-refractivity contribution >= 4 is 35.6 Å². The zero-order chi connectivity index (χ0) is 35.8. The van der Waals surface area contributed by atoms with Crippen LogP contribution in [0.2, 0.25) is 0 Å². The molecule has 258 valence electrons. The first kappa shape index (κ1) is 37.3. The Morgan fingerprint density at radius 1 is 0.714 bits per heavy atom. The number of carbonyl (C=O) groups excluding carboxylic acids is 6. The fraction of sp³-hybridized carbons (Fsp3) is 0.257. The summed E-state index contributed by atoms with van der Waals surface area (Å²) in [7, 11) is 1.55. The second-order valence-corrected chi connectivity index (χ2v) is 10.9. The van der Waals surface area contributed by atoms with Crippen LogP contribution in [0, 0.1) is 0 Å². The highest BCUT2D eigenvalue weighted by molar-refractivity contribution is 5.99. The van der Waals surface area contributed by atoms with Gasteiger partial charge in [0.05, 0.1) is 7.11 Å². The molecule has 6 amide bonds. The van der Waals surface area contributed by atoms with Crippen molar-refractivity contribution in [2.75, 3.05) is 13.7 Å².